The number of hydrogen-bond donors (Lipinski definition) is 1. The zero-order valence-electron chi connectivity index (χ0n) is 10.8. The van der Waals surface area contributed by atoms with E-state index in [0.717, 1.165) is 0 Å². The van der Waals surface area contributed by atoms with Crippen LogP contribution in [0.5, 0.6) is 0 Å². The Labute approximate surface area is 115 Å². The zero-order valence-corrected chi connectivity index (χ0v) is 11.6. The quantitative estimate of drug-likeness (QED) is 0.646. The van der Waals surface area contributed by atoms with Gasteiger partial charge < -0.3 is 9.73 Å². The van der Waals surface area contributed by atoms with E-state index in [-0.39, 0.29) is 11.9 Å². The lowest BCUT2D eigenvalue weighted by Gasteiger charge is -2.20. The summed E-state index contributed by atoms with van der Waals surface area (Å²) in [5.41, 5.74) is 0. The minimum atomic E-state index is -0.525. The average Bonchev–Trinajstić information content (AvgIpc) is 2.98. The van der Waals surface area contributed by atoms with Crippen molar-refractivity contribution in [3.05, 3.63) is 50.4 Å². The summed E-state index contributed by atoms with van der Waals surface area (Å²) in [6, 6.07) is 7.36. The molecule has 1 atom stereocenters. The molecule has 0 radical (unpaired) electrons. The highest BCUT2D eigenvalue weighted by Gasteiger charge is 2.18. The summed E-state index contributed by atoms with van der Waals surface area (Å²) in [6.45, 7) is 4.76. The molecule has 19 heavy (non-hydrogen) atoms. The smallest absolute Gasteiger partial charge is 0.404 e. The number of hydrogen-bond acceptors (Lipinski definition) is 5. The van der Waals surface area contributed by atoms with E-state index >= 15 is 0 Å². The molecule has 102 valence electrons. The lowest BCUT2D eigenvalue weighted by atomic mass is 10.0. The van der Waals surface area contributed by atoms with Crippen molar-refractivity contribution in [3.8, 4) is 0 Å². The third-order valence-corrected chi connectivity index (χ3v) is 3.80. The molecule has 2 heterocycles. The van der Waals surface area contributed by atoms with Crippen LogP contribution in [0.2, 0.25) is 0 Å². The van der Waals surface area contributed by atoms with Gasteiger partial charge >= 0.3 is 5.88 Å². The van der Waals surface area contributed by atoms with Gasteiger partial charge in [-0.1, -0.05) is 19.9 Å². The molecule has 0 aliphatic heterocycles. The molecule has 0 aliphatic rings. The van der Waals surface area contributed by atoms with E-state index in [4.69, 9.17) is 4.42 Å². The van der Waals surface area contributed by atoms with Gasteiger partial charge in [-0.2, -0.15) is 0 Å². The second-order valence-corrected chi connectivity index (χ2v) is 5.59. The number of rotatable bonds is 6. The van der Waals surface area contributed by atoms with Gasteiger partial charge in [0.2, 0.25) is 0 Å². The number of thiophene rings is 1. The van der Waals surface area contributed by atoms with Gasteiger partial charge in [0.05, 0.1) is 12.6 Å². The van der Waals surface area contributed by atoms with Crippen molar-refractivity contribution >= 4 is 17.2 Å². The van der Waals surface area contributed by atoms with Crippen molar-refractivity contribution in [2.45, 2.75) is 26.4 Å². The normalized spacial score (nSPS) is 12.8. The maximum Gasteiger partial charge on any atom is 0.433 e. The molecule has 0 saturated carbocycles. The molecule has 0 aromatic carbocycles. The molecular weight excluding hydrogens is 264 g/mol. The van der Waals surface area contributed by atoms with E-state index in [1.165, 1.54) is 10.9 Å². The maximum absolute atomic E-state index is 10.5. The Morgan fingerprint density at radius 1 is 1.42 bits per heavy atom. The fourth-order valence-corrected chi connectivity index (χ4v) is 2.88. The van der Waals surface area contributed by atoms with Gasteiger partial charge in [0, 0.05) is 10.9 Å². The first-order valence-corrected chi connectivity index (χ1v) is 6.95. The van der Waals surface area contributed by atoms with Gasteiger partial charge in [-0.15, -0.1) is 11.3 Å². The lowest BCUT2D eigenvalue weighted by Crippen LogP contribution is -2.24. The highest BCUT2D eigenvalue weighted by atomic mass is 32.1. The van der Waals surface area contributed by atoms with Crippen LogP contribution >= 0.6 is 11.3 Å². The van der Waals surface area contributed by atoms with Gasteiger partial charge in [0.1, 0.15) is 10.7 Å². The monoisotopic (exact) mass is 280 g/mol. The summed E-state index contributed by atoms with van der Waals surface area (Å²) in [4.78, 5) is 11.3. The standard InChI is InChI=1S/C13H16N2O3S/c1-9(2)13(11-4-3-7-19-11)14-8-10-5-6-12(18-10)15(16)17/h3-7,9,13-14H,8H2,1-2H3. The summed E-state index contributed by atoms with van der Waals surface area (Å²) in [5.74, 6) is 0.798. The summed E-state index contributed by atoms with van der Waals surface area (Å²) in [6.07, 6.45) is 0. The van der Waals surface area contributed by atoms with E-state index in [1.54, 1.807) is 17.4 Å². The predicted molar refractivity (Wildman–Crippen MR) is 74.1 cm³/mol. The van der Waals surface area contributed by atoms with Crippen molar-refractivity contribution in [3.63, 3.8) is 0 Å². The molecule has 2 rings (SSSR count). The van der Waals surface area contributed by atoms with Gasteiger partial charge in [0.25, 0.3) is 0 Å². The molecule has 0 aliphatic carbocycles. The number of nitrogens with zero attached hydrogens (tertiary/aromatic N) is 1. The average molecular weight is 280 g/mol. The van der Waals surface area contributed by atoms with E-state index < -0.39 is 4.92 Å². The van der Waals surface area contributed by atoms with Crippen LogP contribution in [0.15, 0.2) is 34.1 Å². The lowest BCUT2D eigenvalue weighted by molar-refractivity contribution is -0.402. The van der Waals surface area contributed by atoms with Crippen LogP contribution in [0.1, 0.15) is 30.5 Å². The van der Waals surface area contributed by atoms with Crippen LogP contribution in [0.25, 0.3) is 0 Å². The van der Waals surface area contributed by atoms with Gasteiger partial charge in [-0.3, -0.25) is 10.1 Å². The Balaban J connectivity index is 2.01. The number of furan rings is 1. The van der Waals surface area contributed by atoms with Crippen molar-refractivity contribution < 1.29 is 9.34 Å². The molecule has 0 spiro atoms. The number of nitro groups is 1. The SMILES string of the molecule is CC(C)C(NCc1ccc([N+](=O)[O-])o1)c1cccs1. The zero-order chi connectivity index (χ0) is 13.8. The molecule has 6 heteroatoms. The van der Waals surface area contributed by atoms with Gasteiger partial charge in [-0.05, 0) is 23.4 Å². The van der Waals surface area contributed by atoms with E-state index in [1.807, 2.05) is 11.4 Å². The van der Waals surface area contributed by atoms with Crippen molar-refractivity contribution in [1.29, 1.82) is 0 Å². The maximum atomic E-state index is 10.5. The van der Waals surface area contributed by atoms with Crippen LogP contribution in [0.4, 0.5) is 5.88 Å². The van der Waals surface area contributed by atoms with Crippen molar-refractivity contribution in [1.82, 2.24) is 5.32 Å². The molecule has 1 unspecified atom stereocenters. The summed E-state index contributed by atoms with van der Waals surface area (Å²) < 4.78 is 5.13. The third-order valence-electron chi connectivity index (χ3n) is 2.84. The number of nitrogens with one attached hydrogen (secondary N) is 1. The molecule has 0 fully saturated rings. The minimum absolute atomic E-state index is 0.214. The molecule has 0 amide bonds. The highest BCUT2D eigenvalue weighted by molar-refractivity contribution is 7.10. The summed E-state index contributed by atoms with van der Waals surface area (Å²) in [5, 5.41) is 16.0. The molecule has 0 bridgehead atoms. The third kappa shape index (κ3) is 3.42. The Hall–Kier alpha value is -1.66. The molecule has 1 N–H and O–H groups in total. The van der Waals surface area contributed by atoms with Gasteiger partial charge in [-0.25, -0.2) is 0 Å². The fraction of sp³-hybridized carbons (Fsp3) is 0.385. The van der Waals surface area contributed by atoms with E-state index in [2.05, 4.69) is 25.2 Å². The van der Waals surface area contributed by atoms with E-state index in [0.29, 0.717) is 18.2 Å². The Bertz CT molecular complexity index is 534. The molecule has 0 saturated heterocycles. The minimum Gasteiger partial charge on any atom is -0.404 e. The van der Waals surface area contributed by atoms with Crippen molar-refractivity contribution in [2.24, 2.45) is 5.92 Å². The topological polar surface area (TPSA) is 68.3 Å². The fourth-order valence-electron chi connectivity index (χ4n) is 1.90. The second kappa shape index (κ2) is 5.99. The predicted octanol–water partition coefficient (Wildman–Crippen LogP) is 3.74. The second-order valence-electron chi connectivity index (χ2n) is 4.62. The first-order valence-electron chi connectivity index (χ1n) is 6.08. The summed E-state index contributed by atoms with van der Waals surface area (Å²) >= 11 is 1.70. The largest absolute Gasteiger partial charge is 0.433 e. The van der Waals surface area contributed by atoms with Gasteiger partial charge in [0.15, 0.2) is 0 Å². The Kier molecular flexibility index (Phi) is 4.34. The molecular formula is C13H16N2O3S. The highest BCUT2D eigenvalue weighted by Crippen LogP contribution is 2.26. The van der Waals surface area contributed by atoms with Crippen LogP contribution in [0.3, 0.4) is 0 Å². The van der Waals surface area contributed by atoms with Crippen LogP contribution < -0.4 is 5.32 Å². The first kappa shape index (κ1) is 13.8. The van der Waals surface area contributed by atoms with Crippen molar-refractivity contribution in [2.75, 3.05) is 0 Å². The summed E-state index contributed by atoms with van der Waals surface area (Å²) in [7, 11) is 0. The molecule has 2 aromatic heterocycles. The van der Waals surface area contributed by atoms with Crippen LogP contribution in [0, 0.1) is 16.0 Å². The van der Waals surface area contributed by atoms with E-state index in [9.17, 15) is 10.1 Å². The molecule has 2 aromatic rings. The molecule has 5 nitrogen and oxygen atoms in total. The Morgan fingerprint density at radius 2 is 2.21 bits per heavy atom. The van der Waals surface area contributed by atoms with Crippen LogP contribution in [-0.2, 0) is 6.54 Å². The Morgan fingerprint density at radius 3 is 2.74 bits per heavy atom. The first-order chi connectivity index (χ1) is 9.08. The van der Waals surface area contributed by atoms with Crippen LogP contribution in [-0.4, -0.2) is 4.92 Å².